The number of piperidine rings is 1. The number of aliphatic hydroxyl groups is 2. The summed E-state index contributed by atoms with van der Waals surface area (Å²) in [5.41, 5.74) is -0.201. The van der Waals surface area contributed by atoms with Crippen LogP contribution in [0.5, 0.6) is 11.5 Å². The Morgan fingerprint density at radius 3 is 2.61 bits per heavy atom. The van der Waals surface area contributed by atoms with E-state index in [4.69, 9.17) is 28.4 Å². The van der Waals surface area contributed by atoms with E-state index in [1.54, 1.807) is 14.2 Å². The highest BCUT2D eigenvalue weighted by Crippen LogP contribution is 2.50. The molecule has 0 radical (unpaired) electrons. The number of hydrogen-bond acceptors (Lipinski definition) is 10. The van der Waals surface area contributed by atoms with Crippen molar-refractivity contribution in [3.05, 3.63) is 35.1 Å². The summed E-state index contributed by atoms with van der Waals surface area (Å²) in [7, 11) is 4.57. The van der Waals surface area contributed by atoms with Gasteiger partial charge in [-0.05, 0) is 94.2 Å². The number of carbonyl (C=O) groups excluding carboxylic acids is 1. The fourth-order valence-corrected chi connectivity index (χ4v) is 6.97. The highest BCUT2D eigenvalue weighted by Gasteiger charge is 2.51. The molecule has 0 bridgehead atoms. The number of hydrogen-bond donors (Lipinski definition) is 2. The van der Waals surface area contributed by atoms with E-state index in [1.165, 1.54) is 7.11 Å². The summed E-state index contributed by atoms with van der Waals surface area (Å²) < 4.78 is 34.2. The quantitative estimate of drug-likeness (QED) is 0.301. The van der Waals surface area contributed by atoms with Crippen LogP contribution in [-0.4, -0.2) is 91.9 Å². The van der Waals surface area contributed by atoms with Crippen molar-refractivity contribution in [1.29, 1.82) is 0 Å². The highest BCUT2D eigenvalue weighted by atomic mass is 16.7. The van der Waals surface area contributed by atoms with E-state index in [9.17, 15) is 15.0 Å². The molecular formula is C31H45NO9. The lowest BCUT2D eigenvalue weighted by atomic mass is 9.71. The van der Waals surface area contributed by atoms with Gasteiger partial charge in [-0.25, -0.2) is 4.79 Å². The fraction of sp³-hybridized carbons (Fsp3) is 0.710. The second-order valence-electron chi connectivity index (χ2n) is 12.4. The Bertz CT molecular complexity index is 1140. The second-order valence-corrected chi connectivity index (χ2v) is 12.4. The van der Waals surface area contributed by atoms with E-state index in [0.717, 1.165) is 49.2 Å². The zero-order chi connectivity index (χ0) is 29.4. The third-order valence-electron chi connectivity index (χ3n) is 9.41. The van der Waals surface area contributed by atoms with Crippen LogP contribution in [0.1, 0.15) is 69.4 Å². The van der Waals surface area contributed by atoms with Crippen molar-refractivity contribution in [2.45, 2.75) is 94.3 Å². The van der Waals surface area contributed by atoms with Crippen LogP contribution in [0.2, 0.25) is 0 Å². The van der Waals surface area contributed by atoms with Gasteiger partial charge in [0.1, 0.15) is 5.76 Å². The Morgan fingerprint density at radius 1 is 1.15 bits per heavy atom. The molecule has 1 saturated heterocycles. The molecule has 2 N–H and O–H groups in total. The van der Waals surface area contributed by atoms with Gasteiger partial charge in [0.25, 0.3) is 0 Å². The molecule has 10 nitrogen and oxygen atoms in total. The fourth-order valence-electron chi connectivity index (χ4n) is 6.97. The van der Waals surface area contributed by atoms with Gasteiger partial charge < -0.3 is 38.6 Å². The maximum atomic E-state index is 14.0. The van der Waals surface area contributed by atoms with Crippen LogP contribution in [0, 0.1) is 5.92 Å². The predicted molar refractivity (Wildman–Crippen MR) is 150 cm³/mol. The SMILES string of the molecule is COC1=CC2CCCN3CCc4cc5c(cc4C(C1OC(=O)C(O)(CCCC(C)(C)OC)CC(O)OC)C23)OCO5. The molecule has 0 saturated carbocycles. The second kappa shape index (κ2) is 12.1. The summed E-state index contributed by atoms with van der Waals surface area (Å²) >= 11 is 0. The van der Waals surface area contributed by atoms with Crippen molar-refractivity contribution in [2.75, 3.05) is 41.2 Å². The molecule has 10 heteroatoms. The molecule has 5 rings (SSSR count). The van der Waals surface area contributed by atoms with Crippen LogP contribution in [0.25, 0.3) is 0 Å². The van der Waals surface area contributed by atoms with Gasteiger partial charge >= 0.3 is 5.97 Å². The summed E-state index contributed by atoms with van der Waals surface area (Å²) in [6.07, 6.45) is 3.80. The van der Waals surface area contributed by atoms with Gasteiger partial charge in [-0.2, -0.15) is 0 Å². The van der Waals surface area contributed by atoms with Crippen LogP contribution >= 0.6 is 0 Å². The van der Waals surface area contributed by atoms with E-state index in [0.29, 0.717) is 24.4 Å². The molecule has 1 aromatic rings. The number of methoxy groups -OCH3 is 3. The van der Waals surface area contributed by atoms with Crippen molar-refractivity contribution in [3.63, 3.8) is 0 Å². The molecule has 0 spiro atoms. The van der Waals surface area contributed by atoms with E-state index in [1.807, 2.05) is 19.9 Å². The van der Waals surface area contributed by atoms with Crippen molar-refractivity contribution >= 4 is 5.97 Å². The van der Waals surface area contributed by atoms with Gasteiger partial charge in [0, 0.05) is 39.1 Å². The van der Waals surface area contributed by atoms with E-state index in [2.05, 4.69) is 17.0 Å². The molecule has 4 aliphatic rings. The number of esters is 1. The van der Waals surface area contributed by atoms with Crippen LogP contribution < -0.4 is 9.47 Å². The maximum Gasteiger partial charge on any atom is 0.339 e. The molecule has 0 aromatic heterocycles. The summed E-state index contributed by atoms with van der Waals surface area (Å²) in [5.74, 6) is 1.19. The summed E-state index contributed by atoms with van der Waals surface area (Å²) in [6.45, 7) is 5.94. The lowest BCUT2D eigenvalue weighted by Crippen LogP contribution is -2.55. The Balaban J connectivity index is 1.50. The first-order valence-electron chi connectivity index (χ1n) is 14.7. The smallest absolute Gasteiger partial charge is 0.339 e. The molecule has 0 amide bonds. The Hall–Kier alpha value is -2.37. The third-order valence-corrected chi connectivity index (χ3v) is 9.41. The van der Waals surface area contributed by atoms with Crippen molar-refractivity contribution < 1.29 is 43.4 Å². The van der Waals surface area contributed by atoms with E-state index < -0.39 is 29.6 Å². The number of benzene rings is 1. The van der Waals surface area contributed by atoms with Gasteiger partial charge in [-0.3, -0.25) is 4.90 Å². The molecule has 41 heavy (non-hydrogen) atoms. The van der Waals surface area contributed by atoms with E-state index >= 15 is 0 Å². The van der Waals surface area contributed by atoms with Crippen LogP contribution in [-0.2, 0) is 30.2 Å². The summed E-state index contributed by atoms with van der Waals surface area (Å²) in [6, 6.07) is 4.18. The molecule has 228 valence electrons. The van der Waals surface area contributed by atoms with Crippen molar-refractivity contribution in [1.82, 2.24) is 4.90 Å². The lowest BCUT2D eigenvalue weighted by Gasteiger charge is -2.48. The molecule has 6 unspecified atom stereocenters. The zero-order valence-electron chi connectivity index (χ0n) is 24.9. The molecular weight excluding hydrogens is 530 g/mol. The minimum atomic E-state index is -1.97. The van der Waals surface area contributed by atoms with Gasteiger partial charge in [-0.1, -0.05) is 0 Å². The monoisotopic (exact) mass is 575 g/mol. The highest BCUT2D eigenvalue weighted by molar-refractivity contribution is 5.79. The maximum absolute atomic E-state index is 14.0. The van der Waals surface area contributed by atoms with Crippen LogP contribution in [0.15, 0.2) is 24.0 Å². The number of carbonyl (C=O) groups is 1. The molecule has 1 aliphatic carbocycles. The Labute approximate surface area is 242 Å². The number of rotatable bonds is 11. The number of ether oxygens (including phenoxy) is 6. The average molecular weight is 576 g/mol. The molecule has 3 aliphatic heterocycles. The van der Waals surface area contributed by atoms with Gasteiger partial charge in [-0.15, -0.1) is 0 Å². The molecule has 1 aromatic carbocycles. The largest absolute Gasteiger partial charge is 0.497 e. The minimum Gasteiger partial charge on any atom is -0.497 e. The minimum absolute atomic E-state index is 0.0793. The normalized spacial score (nSPS) is 27.5. The lowest BCUT2D eigenvalue weighted by molar-refractivity contribution is -0.188. The first-order valence-corrected chi connectivity index (χ1v) is 14.7. The number of fused-ring (bicyclic) bond motifs is 3. The van der Waals surface area contributed by atoms with Gasteiger partial charge in [0.15, 0.2) is 29.5 Å². The standard InChI is InChI=1S/C31H45NO9/c1-30(2,38-5)10-7-11-31(35,17-25(33)37-4)29(34)41-28-24(36-3)15-20-8-6-12-32-13-9-19-14-22-23(40-18-39-22)16-21(19)26(28)27(20)32/h14-16,20,25-28,33,35H,6-13,17-18H2,1-5H3. The van der Waals surface area contributed by atoms with Crippen LogP contribution in [0.3, 0.4) is 0 Å². The Morgan fingerprint density at radius 2 is 1.90 bits per heavy atom. The molecule has 3 heterocycles. The first kappa shape index (κ1) is 30.1. The number of aliphatic hydroxyl groups excluding tert-OH is 1. The van der Waals surface area contributed by atoms with Gasteiger partial charge in [0.2, 0.25) is 6.79 Å². The molecule has 1 fully saturated rings. The average Bonchev–Trinajstić information content (AvgIpc) is 3.35. The van der Waals surface area contributed by atoms with Crippen LogP contribution in [0.4, 0.5) is 0 Å². The summed E-state index contributed by atoms with van der Waals surface area (Å²) in [4.78, 5) is 16.5. The van der Waals surface area contributed by atoms with E-state index in [-0.39, 0.29) is 37.5 Å². The third kappa shape index (κ3) is 6.08. The first-order chi connectivity index (χ1) is 19.6. The zero-order valence-corrected chi connectivity index (χ0v) is 24.9. The molecule has 6 atom stereocenters. The topological polar surface area (TPSA) is 116 Å². The summed E-state index contributed by atoms with van der Waals surface area (Å²) in [5, 5.41) is 22.0. The van der Waals surface area contributed by atoms with Crippen molar-refractivity contribution in [3.8, 4) is 11.5 Å². The van der Waals surface area contributed by atoms with Crippen molar-refractivity contribution in [2.24, 2.45) is 5.92 Å². The Kier molecular flexibility index (Phi) is 8.87. The predicted octanol–water partition coefficient (Wildman–Crippen LogP) is 3.27. The number of nitrogens with zero attached hydrogens (tertiary/aromatic N) is 1. The van der Waals surface area contributed by atoms with Gasteiger partial charge in [0.05, 0.1) is 12.7 Å².